The molecular formula is C14H11N3O3. The Balaban J connectivity index is 2.14. The first-order chi connectivity index (χ1) is 9.70. The highest BCUT2D eigenvalue weighted by molar-refractivity contribution is 5.89. The number of esters is 1. The molecule has 0 aliphatic heterocycles. The number of ether oxygens (including phenoxy) is 1. The van der Waals surface area contributed by atoms with E-state index in [1.807, 2.05) is 24.3 Å². The molecule has 6 nitrogen and oxygen atoms in total. The van der Waals surface area contributed by atoms with Gasteiger partial charge in [0.2, 0.25) is 0 Å². The van der Waals surface area contributed by atoms with Crippen molar-refractivity contribution in [2.24, 2.45) is 0 Å². The van der Waals surface area contributed by atoms with E-state index in [0.717, 1.165) is 11.0 Å². The van der Waals surface area contributed by atoms with Crippen LogP contribution in [0, 0.1) is 0 Å². The lowest BCUT2D eigenvalue weighted by Crippen LogP contribution is -2.16. The van der Waals surface area contributed by atoms with E-state index >= 15 is 0 Å². The van der Waals surface area contributed by atoms with Gasteiger partial charge in [0.05, 0.1) is 23.7 Å². The van der Waals surface area contributed by atoms with E-state index in [1.54, 1.807) is 12.1 Å². The number of carbonyl (C=O) groups excluding carboxylic acids is 1. The molecule has 1 N–H and O–H groups in total. The maximum atomic E-state index is 12.0. The highest BCUT2D eigenvalue weighted by atomic mass is 16.5. The second-order valence-corrected chi connectivity index (χ2v) is 4.18. The minimum Gasteiger partial charge on any atom is -0.465 e. The van der Waals surface area contributed by atoms with Gasteiger partial charge in [-0.3, -0.25) is 0 Å². The number of aromatic nitrogens is 3. The largest absolute Gasteiger partial charge is 0.465 e. The molecular weight excluding hydrogens is 258 g/mol. The summed E-state index contributed by atoms with van der Waals surface area (Å²) in [7, 11) is 1.31. The molecule has 0 fully saturated rings. The molecule has 0 aliphatic carbocycles. The fourth-order valence-electron chi connectivity index (χ4n) is 2.04. The van der Waals surface area contributed by atoms with Crippen molar-refractivity contribution in [2.45, 2.75) is 0 Å². The number of hydrogen-bond acceptors (Lipinski definition) is 4. The number of H-pyrrole nitrogens is 1. The van der Waals surface area contributed by atoms with E-state index < -0.39 is 5.97 Å². The summed E-state index contributed by atoms with van der Waals surface area (Å²) in [6.45, 7) is 0. The monoisotopic (exact) mass is 269 g/mol. The van der Waals surface area contributed by atoms with Crippen LogP contribution < -0.4 is 5.69 Å². The van der Waals surface area contributed by atoms with Crippen molar-refractivity contribution in [1.82, 2.24) is 14.5 Å². The fourth-order valence-corrected chi connectivity index (χ4v) is 2.04. The summed E-state index contributed by atoms with van der Waals surface area (Å²) in [6, 6.07) is 10.5. The van der Waals surface area contributed by atoms with Gasteiger partial charge in [0.15, 0.2) is 0 Å². The Morgan fingerprint density at radius 2 is 2.05 bits per heavy atom. The predicted octanol–water partition coefficient (Wildman–Crippen LogP) is 1.50. The summed E-state index contributed by atoms with van der Waals surface area (Å²) in [5, 5.41) is 0. The van der Waals surface area contributed by atoms with Gasteiger partial charge in [0, 0.05) is 6.20 Å². The summed E-state index contributed by atoms with van der Waals surface area (Å²) < 4.78 is 6.06. The number of nitrogens with one attached hydrogen (secondary N) is 1. The van der Waals surface area contributed by atoms with Crippen LogP contribution in [0.2, 0.25) is 0 Å². The van der Waals surface area contributed by atoms with Gasteiger partial charge < -0.3 is 9.72 Å². The van der Waals surface area contributed by atoms with Crippen molar-refractivity contribution in [2.75, 3.05) is 7.11 Å². The van der Waals surface area contributed by atoms with Gasteiger partial charge in [-0.25, -0.2) is 19.1 Å². The molecule has 2 aromatic heterocycles. The third-order valence-corrected chi connectivity index (χ3v) is 2.99. The normalized spacial score (nSPS) is 10.7. The first-order valence-electron chi connectivity index (χ1n) is 5.95. The Labute approximate surface area is 113 Å². The van der Waals surface area contributed by atoms with Crippen molar-refractivity contribution in [3.63, 3.8) is 0 Å². The van der Waals surface area contributed by atoms with Gasteiger partial charge in [0.1, 0.15) is 5.82 Å². The lowest BCUT2D eigenvalue weighted by Gasteiger charge is -2.03. The number of benzene rings is 1. The maximum Gasteiger partial charge on any atom is 0.339 e. The Morgan fingerprint density at radius 1 is 1.25 bits per heavy atom. The summed E-state index contributed by atoms with van der Waals surface area (Å²) in [5.74, 6) is -0.0181. The molecule has 0 unspecified atom stereocenters. The molecule has 0 amide bonds. The second kappa shape index (κ2) is 4.65. The Morgan fingerprint density at radius 3 is 2.75 bits per heavy atom. The van der Waals surface area contributed by atoms with E-state index in [2.05, 4.69) is 14.7 Å². The highest BCUT2D eigenvalue weighted by Gasteiger charge is 2.11. The average molecular weight is 269 g/mol. The number of imidazole rings is 1. The highest BCUT2D eigenvalue weighted by Crippen LogP contribution is 2.13. The van der Waals surface area contributed by atoms with Gasteiger partial charge in [-0.15, -0.1) is 0 Å². The molecule has 20 heavy (non-hydrogen) atoms. The SMILES string of the molecule is COC(=O)c1ccc(-n2c(=O)[nH]c3ccccc32)nc1. The number of nitrogens with zero attached hydrogens (tertiary/aromatic N) is 2. The van der Waals surface area contributed by atoms with E-state index in [4.69, 9.17) is 0 Å². The molecule has 0 saturated carbocycles. The molecule has 1 aromatic carbocycles. The Hall–Kier alpha value is -2.89. The van der Waals surface area contributed by atoms with Gasteiger partial charge in [-0.05, 0) is 24.3 Å². The number of aromatic amines is 1. The molecule has 100 valence electrons. The average Bonchev–Trinajstić information content (AvgIpc) is 2.82. The van der Waals surface area contributed by atoms with E-state index in [9.17, 15) is 9.59 Å². The molecule has 0 aliphatic rings. The Bertz CT molecular complexity index is 831. The van der Waals surface area contributed by atoms with Crippen LogP contribution in [-0.4, -0.2) is 27.6 Å². The number of para-hydroxylation sites is 2. The molecule has 0 saturated heterocycles. The minimum absolute atomic E-state index is 0.274. The first kappa shape index (κ1) is 12.2. The number of pyridine rings is 1. The molecule has 3 aromatic rings. The van der Waals surface area contributed by atoms with Crippen molar-refractivity contribution in [3.05, 3.63) is 58.6 Å². The van der Waals surface area contributed by atoms with E-state index in [1.165, 1.54) is 17.9 Å². The van der Waals surface area contributed by atoms with E-state index in [0.29, 0.717) is 11.4 Å². The van der Waals surface area contributed by atoms with Gasteiger partial charge in [-0.2, -0.15) is 0 Å². The van der Waals surface area contributed by atoms with Crippen LogP contribution in [0.15, 0.2) is 47.4 Å². The van der Waals surface area contributed by atoms with Gasteiger partial charge in [0.25, 0.3) is 0 Å². The van der Waals surface area contributed by atoms with Gasteiger partial charge >= 0.3 is 11.7 Å². The number of hydrogen-bond donors (Lipinski definition) is 1. The number of methoxy groups -OCH3 is 1. The third kappa shape index (κ3) is 1.87. The molecule has 0 radical (unpaired) electrons. The zero-order valence-corrected chi connectivity index (χ0v) is 10.7. The zero-order valence-electron chi connectivity index (χ0n) is 10.7. The second-order valence-electron chi connectivity index (χ2n) is 4.18. The molecule has 3 rings (SSSR count). The van der Waals surface area contributed by atoms with Crippen LogP contribution in [0.1, 0.15) is 10.4 Å². The topological polar surface area (TPSA) is 77.0 Å². The minimum atomic E-state index is -0.463. The van der Waals surface area contributed by atoms with Crippen molar-refractivity contribution in [3.8, 4) is 5.82 Å². The maximum absolute atomic E-state index is 12.0. The summed E-state index contributed by atoms with van der Waals surface area (Å²) >= 11 is 0. The number of carbonyl (C=O) groups is 1. The predicted molar refractivity (Wildman–Crippen MR) is 73.0 cm³/mol. The fraction of sp³-hybridized carbons (Fsp3) is 0.0714. The quantitative estimate of drug-likeness (QED) is 0.715. The lowest BCUT2D eigenvalue weighted by atomic mass is 10.3. The first-order valence-corrected chi connectivity index (χ1v) is 5.95. The molecule has 2 heterocycles. The summed E-state index contributed by atoms with van der Waals surface area (Å²) in [4.78, 5) is 30.2. The summed E-state index contributed by atoms with van der Waals surface area (Å²) in [5.41, 5.74) is 1.53. The Kier molecular flexibility index (Phi) is 2.83. The lowest BCUT2D eigenvalue weighted by molar-refractivity contribution is 0.0600. The third-order valence-electron chi connectivity index (χ3n) is 2.99. The van der Waals surface area contributed by atoms with Crippen LogP contribution in [0.3, 0.4) is 0 Å². The molecule has 0 bridgehead atoms. The molecule has 0 spiro atoms. The van der Waals surface area contributed by atoms with Crippen LogP contribution in [-0.2, 0) is 4.74 Å². The summed E-state index contributed by atoms with van der Waals surface area (Å²) in [6.07, 6.45) is 1.38. The van der Waals surface area contributed by atoms with E-state index in [-0.39, 0.29) is 5.69 Å². The molecule has 6 heteroatoms. The van der Waals surface area contributed by atoms with Crippen molar-refractivity contribution < 1.29 is 9.53 Å². The smallest absolute Gasteiger partial charge is 0.339 e. The molecule has 0 atom stereocenters. The van der Waals surface area contributed by atoms with Crippen LogP contribution in [0.25, 0.3) is 16.9 Å². The zero-order chi connectivity index (χ0) is 14.1. The van der Waals surface area contributed by atoms with Crippen molar-refractivity contribution >= 4 is 17.0 Å². The van der Waals surface area contributed by atoms with Crippen LogP contribution in [0.4, 0.5) is 0 Å². The van der Waals surface area contributed by atoms with Gasteiger partial charge in [-0.1, -0.05) is 12.1 Å². The van der Waals surface area contributed by atoms with Crippen LogP contribution >= 0.6 is 0 Å². The van der Waals surface area contributed by atoms with Crippen LogP contribution in [0.5, 0.6) is 0 Å². The van der Waals surface area contributed by atoms with Crippen molar-refractivity contribution in [1.29, 1.82) is 0 Å². The number of rotatable bonds is 2. The standard InChI is InChI=1S/C14H11N3O3/c1-20-13(18)9-6-7-12(15-8-9)17-11-5-3-2-4-10(11)16-14(17)19/h2-8H,1H3,(H,16,19). The number of fused-ring (bicyclic) bond motifs is 1.